The maximum Gasteiger partial charge on any atom is 0.294 e. The van der Waals surface area contributed by atoms with Crippen molar-refractivity contribution in [3.05, 3.63) is 114 Å². The normalized spacial score (nSPS) is 15.3. The molecule has 18 nitrogen and oxygen atoms in total. The molecule has 65 heavy (non-hydrogen) atoms. The first-order chi connectivity index (χ1) is 31.5. The van der Waals surface area contributed by atoms with E-state index in [9.17, 15) is 21.7 Å². The summed E-state index contributed by atoms with van der Waals surface area (Å²) in [6.45, 7) is 8.59. The van der Waals surface area contributed by atoms with Crippen molar-refractivity contribution in [2.75, 3.05) is 83.7 Å². The Labute approximate surface area is 380 Å². The van der Waals surface area contributed by atoms with Gasteiger partial charge in [0.2, 0.25) is 23.8 Å². The molecule has 2 saturated heterocycles. The molecular formula is C45H50N11O7S2-. The lowest BCUT2D eigenvalue weighted by Gasteiger charge is -2.30. The number of hydrogen-bond donors (Lipinski definition) is 5. The molecule has 20 heteroatoms. The SMILES string of the molecule is CCc1c(Nc2ccccc2)nc(Nc2ccc(CC(C)Cc3ccc(Nc4nc(Nc5ccccc5)nc(N5CCOCC5)n4)cc3S(=O)[O-])c(S(=O)(=O)O)c2)nc1N1CCOCC1. The van der Waals surface area contributed by atoms with Crippen LogP contribution in [0, 0.1) is 5.92 Å². The Bertz CT molecular complexity index is 2730. The number of aromatic nitrogens is 5. The predicted molar refractivity (Wildman–Crippen MR) is 250 cm³/mol. The molecule has 2 unspecified atom stereocenters. The summed E-state index contributed by atoms with van der Waals surface area (Å²) in [5.41, 5.74) is 4.23. The molecule has 2 fully saturated rings. The highest BCUT2D eigenvalue weighted by atomic mass is 32.2. The first-order valence-electron chi connectivity index (χ1n) is 21.3. The third-order valence-corrected chi connectivity index (χ3v) is 12.5. The van der Waals surface area contributed by atoms with Gasteiger partial charge in [0, 0.05) is 59.4 Å². The molecule has 2 aromatic heterocycles. The van der Waals surface area contributed by atoms with Gasteiger partial charge < -0.3 is 45.1 Å². The van der Waals surface area contributed by atoms with Crippen LogP contribution < -0.4 is 31.1 Å². The minimum absolute atomic E-state index is 0.0631. The van der Waals surface area contributed by atoms with Crippen molar-refractivity contribution in [2.45, 2.75) is 42.9 Å². The molecule has 4 aromatic carbocycles. The maximum absolute atomic E-state index is 12.9. The molecule has 5 N–H and O–H groups in total. The van der Waals surface area contributed by atoms with Crippen LogP contribution in [0.1, 0.15) is 30.5 Å². The van der Waals surface area contributed by atoms with Gasteiger partial charge in [-0.1, -0.05) is 62.4 Å². The largest absolute Gasteiger partial charge is 0.768 e. The number of morpholine rings is 2. The van der Waals surface area contributed by atoms with Crippen molar-refractivity contribution in [3.8, 4) is 0 Å². The lowest BCUT2D eigenvalue weighted by Crippen LogP contribution is -2.37. The Morgan fingerprint density at radius 1 is 0.677 bits per heavy atom. The van der Waals surface area contributed by atoms with Crippen LogP contribution in [0.4, 0.5) is 58.2 Å². The second-order valence-corrected chi connectivity index (χ2v) is 17.9. The molecule has 0 spiro atoms. The quantitative estimate of drug-likeness (QED) is 0.0469. The summed E-state index contributed by atoms with van der Waals surface area (Å²) in [5.74, 6) is 2.29. The zero-order valence-corrected chi connectivity index (χ0v) is 37.6. The van der Waals surface area contributed by atoms with Gasteiger partial charge in [-0.2, -0.15) is 33.3 Å². The minimum Gasteiger partial charge on any atom is -0.768 e. The molecule has 2 aliphatic heterocycles. The number of benzene rings is 4. The molecule has 0 bridgehead atoms. The van der Waals surface area contributed by atoms with Crippen LogP contribution in [0.15, 0.2) is 107 Å². The lowest BCUT2D eigenvalue weighted by molar-refractivity contribution is 0.122. The molecular weight excluding hydrogens is 871 g/mol. The second kappa shape index (κ2) is 20.7. The molecule has 8 rings (SSSR count). The Balaban J connectivity index is 1.01. The summed E-state index contributed by atoms with van der Waals surface area (Å²) in [7, 11) is -4.69. The monoisotopic (exact) mass is 920 g/mol. The van der Waals surface area contributed by atoms with Gasteiger partial charge in [-0.25, -0.2) is 0 Å². The van der Waals surface area contributed by atoms with Crippen LogP contribution >= 0.6 is 0 Å². The number of nitrogens with zero attached hydrogens (tertiary/aromatic N) is 7. The first-order valence-corrected chi connectivity index (χ1v) is 23.8. The molecule has 6 aromatic rings. The van der Waals surface area contributed by atoms with Gasteiger partial charge in [-0.15, -0.1) is 0 Å². The molecule has 2 aliphatic rings. The Morgan fingerprint density at radius 3 is 1.78 bits per heavy atom. The fraction of sp³-hybridized carbons (Fsp3) is 0.311. The summed E-state index contributed by atoms with van der Waals surface area (Å²) >= 11 is -2.62. The minimum atomic E-state index is -4.69. The zero-order valence-electron chi connectivity index (χ0n) is 35.9. The number of hydrogen-bond acceptors (Lipinski definition) is 17. The van der Waals surface area contributed by atoms with E-state index in [-0.39, 0.29) is 40.4 Å². The van der Waals surface area contributed by atoms with Gasteiger partial charge in [0.25, 0.3) is 10.1 Å². The van der Waals surface area contributed by atoms with Gasteiger partial charge >= 0.3 is 0 Å². The van der Waals surface area contributed by atoms with Crippen molar-refractivity contribution in [1.82, 2.24) is 24.9 Å². The van der Waals surface area contributed by atoms with Crippen LogP contribution in [-0.2, 0) is 49.9 Å². The van der Waals surface area contributed by atoms with E-state index in [1.807, 2.05) is 79.4 Å². The van der Waals surface area contributed by atoms with Crippen LogP contribution in [0.3, 0.4) is 0 Å². The van der Waals surface area contributed by atoms with Crippen molar-refractivity contribution in [3.63, 3.8) is 0 Å². The number of ether oxygens (including phenoxy) is 2. The van der Waals surface area contributed by atoms with E-state index in [1.165, 1.54) is 12.1 Å². The van der Waals surface area contributed by atoms with E-state index in [0.717, 1.165) is 22.8 Å². The summed E-state index contributed by atoms with van der Waals surface area (Å²) < 4.78 is 72.8. The molecule has 2 atom stereocenters. The van der Waals surface area contributed by atoms with E-state index >= 15 is 0 Å². The highest BCUT2D eigenvalue weighted by molar-refractivity contribution is 7.85. The zero-order chi connectivity index (χ0) is 45.3. The molecule has 0 amide bonds. The van der Waals surface area contributed by atoms with Gasteiger partial charge in [0.1, 0.15) is 11.6 Å². The van der Waals surface area contributed by atoms with E-state index in [1.54, 1.807) is 24.3 Å². The maximum atomic E-state index is 12.9. The van der Waals surface area contributed by atoms with Gasteiger partial charge in [-0.3, -0.25) is 8.76 Å². The van der Waals surface area contributed by atoms with Gasteiger partial charge in [-0.05, 0) is 95.9 Å². The summed E-state index contributed by atoms with van der Waals surface area (Å²) in [6.07, 6.45) is 1.15. The predicted octanol–water partition coefficient (Wildman–Crippen LogP) is 6.78. The Hall–Kier alpha value is -6.29. The van der Waals surface area contributed by atoms with Crippen molar-refractivity contribution < 1.29 is 31.2 Å². The average molecular weight is 921 g/mol. The van der Waals surface area contributed by atoms with Crippen molar-refractivity contribution in [2.24, 2.45) is 5.92 Å². The van der Waals surface area contributed by atoms with Crippen LogP contribution in [0.5, 0.6) is 0 Å². The third-order valence-electron chi connectivity index (χ3n) is 10.9. The van der Waals surface area contributed by atoms with E-state index in [0.29, 0.717) is 99.2 Å². The molecule has 340 valence electrons. The summed E-state index contributed by atoms with van der Waals surface area (Å²) in [6, 6.07) is 28.8. The fourth-order valence-electron chi connectivity index (χ4n) is 7.76. The van der Waals surface area contributed by atoms with Crippen LogP contribution in [0.2, 0.25) is 0 Å². The highest BCUT2D eigenvalue weighted by Crippen LogP contribution is 2.33. The van der Waals surface area contributed by atoms with E-state index in [2.05, 4.69) is 41.1 Å². The lowest BCUT2D eigenvalue weighted by atomic mass is 9.94. The van der Waals surface area contributed by atoms with Crippen molar-refractivity contribution >= 4 is 79.4 Å². The standard InChI is InChI=1S/C45H51N11O7S2/c1-3-37-40(46-33-10-6-4-7-11-33)50-42(51-41(37)55-18-22-62-23-19-55)49-36-17-15-32(39(29-36)65(59,60)61)27-30(2)26-31-14-16-35(28-38(31)64(57)58)48-44-52-43(47-34-12-8-5-9-13-34)53-45(54-44)56-20-24-63-25-21-56/h4-17,28-30H,3,18-27H2,1-2H3,(H,57,58)(H,59,60,61)(H2,46,49,50,51)(H2,47,48,52,53,54)/p-1. The topological polar surface area (TPSA) is 232 Å². The Kier molecular flexibility index (Phi) is 14.4. The van der Waals surface area contributed by atoms with E-state index in [4.69, 9.17) is 19.4 Å². The molecule has 0 radical (unpaired) electrons. The van der Waals surface area contributed by atoms with Crippen LogP contribution in [0.25, 0.3) is 0 Å². The number of anilines is 10. The number of para-hydroxylation sites is 2. The van der Waals surface area contributed by atoms with Crippen molar-refractivity contribution in [1.29, 1.82) is 0 Å². The first kappa shape index (κ1) is 45.3. The smallest absolute Gasteiger partial charge is 0.294 e. The number of nitrogens with one attached hydrogen (secondary N) is 4. The second-order valence-electron chi connectivity index (χ2n) is 15.6. The summed E-state index contributed by atoms with van der Waals surface area (Å²) in [4.78, 5) is 27.5. The van der Waals surface area contributed by atoms with E-state index < -0.39 is 21.2 Å². The average Bonchev–Trinajstić information content (AvgIpc) is 3.30. The molecule has 4 heterocycles. The third kappa shape index (κ3) is 11.7. The molecule has 0 saturated carbocycles. The Morgan fingerprint density at radius 2 is 1.20 bits per heavy atom. The molecule has 0 aliphatic carbocycles. The van der Waals surface area contributed by atoms with Crippen LogP contribution in [-0.4, -0.2) is 99.3 Å². The summed E-state index contributed by atoms with van der Waals surface area (Å²) in [5, 5.41) is 13.0. The van der Waals surface area contributed by atoms with Gasteiger partial charge in [0.15, 0.2) is 0 Å². The number of rotatable bonds is 17. The fourth-order valence-corrected chi connectivity index (χ4v) is 9.11. The highest BCUT2D eigenvalue weighted by Gasteiger charge is 2.24. The van der Waals surface area contributed by atoms with Gasteiger partial charge in [0.05, 0.1) is 31.3 Å².